The van der Waals surface area contributed by atoms with E-state index in [-0.39, 0.29) is 22.1 Å². The Hall–Kier alpha value is -2.85. The number of carbonyl (C=O) groups is 1. The first-order valence-corrected chi connectivity index (χ1v) is 8.42. The molecule has 0 fully saturated rings. The minimum Gasteiger partial charge on any atom is -0.352 e. The number of nitrogens with one attached hydrogen (secondary N) is 2. The van der Waals surface area contributed by atoms with Crippen molar-refractivity contribution >= 4 is 21.6 Å². The van der Waals surface area contributed by atoms with Crippen LogP contribution in [0.15, 0.2) is 47.4 Å². The summed E-state index contributed by atoms with van der Waals surface area (Å²) in [5, 5.41) is 11.8. The summed E-state index contributed by atoms with van der Waals surface area (Å²) in [5.41, 5.74) is 1.70. The molecule has 2 aromatic rings. The molecule has 0 unspecified atom stereocenters. The molecule has 0 aliphatic carbocycles. The molecule has 2 N–H and O–H groups in total. The molecule has 1 amide bonds. The lowest BCUT2D eigenvalue weighted by atomic mass is 10.00. The van der Waals surface area contributed by atoms with Gasteiger partial charge in [-0.25, -0.2) is 8.42 Å². The molecule has 2 aromatic carbocycles. The maximum Gasteiger partial charge on any atom is 0.263 e. The van der Waals surface area contributed by atoms with Crippen molar-refractivity contribution in [2.45, 2.75) is 11.3 Å². The molecular formula is C16H13N3O3S. The minimum atomic E-state index is -3.90. The van der Waals surface area contributed by atoms with Crippen molar-refractivity contribution in [3.05, 3.63) is 59.2 Å². The molecule has 1 heterocycles. The van der Waals surface area contributed by atoms with Crippen molar-refractivity contribution in [3.8, 4) is 6.07 Å². The Bertz CT molecular complexity index is 930. The van der Waals surface area contributed by atoms with Crippen molar-refractivity contribution in [1.82, 2.24) is 5.32 Å². The largest absolute Gasteiger partial charge is 0.352 e. The van der Waals surface area contributed by atoms with Crippen molar-refractivity contribution in [3.63, 3.8) is 0 Å². The summed E-state index contributed by atoms with van der Waals surface area (Å²) >= 11 is 0. The number of nitriles is 1. The second kappa shape index (κ2) is 5.74. The van der Waals surface area contributed by atoms with E-state index in [9.17, 15) is 13.2 Å². The van der Waals surface area contributed by atoms with Gasteiger partial charge in [0, 0.05) is 17.8 Å². The second-order valence-electron chi connectivity index (χ2n) is 5.09. The number of hydrogen-bond acceptors (Lipinski definition) is 4. The number of fused-ring (bicyclic) bond motifs is 1. The van der Waals surface area contributed by atoms with Gasteiger partial charge in [-0.15, -0.1) is 0 Å². The molecule has 6 nitrogen and oxygen atoms in total. The average molecular weight is 327 g/mol. The van der Waals surface area contributed by atoms with Gasteiger partial charge in [0.25, 0.3) is 15.9 Å². The van der Waals surface area contributed by atoms with Crippen LogP contribution in [0.2, 0.25) is 0 Å². The molecule has 3 rings (SSSR count). The molecule has 0 atom stereocenters. The predicted octanol–water partition coefficient (Wildman–Crippen LogP) is 1.64. The van der Waals surface area contributed by atoms with Gasteiger partial charge >= 0.3 is 0 Å². The van der Waals surface area contributed by atoms with Crippen LogP contribution in [0.1, 0.15) is 21.5 Å². The number of nitrogens with zero attached hydrogens (tertiary/aromatic N) is 1. The van der Waals surface area contributed by atoms with Crippen LogP contribution in [0.25, 0.3) is 0 Å². The Balaban J connectivity index is 1.97. The number of anilines is 1. The van der Waals surface area contributed by atoms with E-state index in [1.165, 1.54) is 18.2 Å². The summed E-state index contributed by atoms with van der Waals surface area (Å²) in [6.07, 6.45) is 0.714. The zero-order valence-electron chi connectivity index (χ0n) is 12.0. The molecule has 0 spiro atoms. The highest BCUT2D eigenvalue weighted by molar-refractivity contribution is 7.92. The second-order valence-corrected chi connectivity index (χ2v) is 6.74. The number of sulfonamides is 1. The number of amides is 1. The van der Waals surface area contributed by atoms with E-state index in [2.05, 4.69) is 10.0 Å². The summed E-state index contributed by atoms with van der Waals surface area (Å²) < 4.78 is 27.4. The zero-order valence-corrected chi connectivity index (χ0v) is 12.9. The highest BCUT2D eigenvalue weighted by atomic mass is 32.2. The molecule has 1 aliphatic heterocycles. The van der Waals surface area contributed by atoms with E-state index in [1.54, 1.807) is 24.3 Å². The fraction of sp³-hybridized carbons (Fsp3) is 0.125. The SMILES string of the molecule is N#Cc1ccccc1S(=O)(=O)Nc1ccc2c(c1)C(=O)NCC2. The van der Waals surface area contributed by atoms with Crippen molar-refractivity contribution in [1.29, 1.82) is 5.26 Å². The smallest absolute Gasteiger partial charge is 0.263 e. The Morgan fingerprint density at radius 2 is 1.96 bits per heavy atom. The van der Waals surface area contributed by atoms with Gasteiger partial charge in [0.15, 0.2) is 0 Å². The third-order valence-corrected chi connectivity index (χ3v) is 5.02. The molecule has 116 valence electrons. The molecule has 0 saturated heterocycles. The van der Waals surface area contributed by atoms with Gasteiger partial charge in [-0.2, -0.15) is 5.26 Å². The summed E-state index contributed by atoms with van der Waals surface area (Å²) in [4.78, 5) is 11.7. The highest BCUT2D eigenvalue weighted by Gasteiger charge is 2.21. The monoisotopic (exact) mass is 327 g/mol. The highest BCUT2D eigenvalue weighted by Crippen LogP contribution is 2.23. The molecule has 0 radical (unpaired) electrons. The first kappa shape index (κ1) is 15.1. The number of benzene rings is 2. The van der Waals surface area contributed by atoms with Crippen LogP contribution in [-0.4, -0.2) is 20.9 Å². The van der Waals surface area contributed by atoms with Crippen LogP contribution in [-0.2, 0) is 16.4 Å². The van der Waals surface area contributed by atoms with E-state index in [0.29, 0.717) is 18.5 Å². The fourth-order valence-corrected chi connectivity index (χ4v) is 3.69. The standard InChI is InChI=1S/C16H13N3O3S/c17-10-12-3-1-2-4-15(12)23(21,22)19-13-6-5-11-7-8-18-16(20)14(11)9-13/h1-6,9,19H,7-8H2,(H,18,20). The van der Waals surface area contributed by atoms with Gasteiger partial charge in [0.05, 0.1) is 5.56 Å². The third kappa shape index (κ3) is 2.89. The number of carbonyl (C=O) groups excluding carboxylic acids is 1. The predicted molar refractivity (Wildman–Crippen MR) is 84.4 cm³/mol. The Morgan fingerprint density at radius 3 is 2.74 bits per heavy atom. The Kier molecular flexibility index (Phi) is 3.76. The van der Waals surface area contributed by atoms with Crippen molar-refractivity contribution in [2.75, 3.05) is 11.3 Å². The van der Waals surface area contributed by atoms with Gasteiger partial charge in [-0.05, 0) is 36.2 Å². The molecule has 0 bridgehead atoms. The van der Waals surface area contributed by atoms with Gasteiger partial charge < -0.3 is 5.32 Å². The number of rotatable bonds is 3. The number of hydrogen-bond donors (Lipinski definition) is 2. The zero-order chi connectivity index (χ0) is 16.4. The van der Waals surface area contributed by atoms with Crippen LogP contribution in [0.5, 0.6) is 0 Å². The topological polar surface area (TPSA) is 99.1 Å². The van der Waals surface area contributed by atoms with Crippen LogP contribution in [0.4, 0.5) is 5.69 Å². The van der Waals surface area contributed by atoms with E-state index in [0.717, 1.165) is 5.56 Å². The summed E-state index contributed by atoms with van der Waals surface area (Å²) in [6, 6.07) is 12.7. The van der Waals surface area contributed by atoms with Crippen LogP contribution in [0.3, 0.4) is 0 Å². The molecule has 0 saturated carbocycles. The third-order valence-electron chi connectivity index (χ3n) is 3.58. The van der Waals surface area contributed by atoms with Crippen LogP contribution >= 0.6 is 0 Å². The van der Waals surface area contributed by atoms with Gasteiger partial charge in [-0.3, -0.25) is 9.52 Å². The van der Waals surface area contributed by atoms with Gasteiger partial charge in [0.2, 0.25) is 0 Å². The van der Waals surface area contributed by atoms with Gasteiger partial charge in [0.1, 0.15) is 11.0 Å². The van der Waals surface area contributed by atoms with E-state index < -0.39 is 10.0 Å². The van der Waals surface area contributed by atoms with E-state index >= 15 is 0 Å². The lowest BCUT2D eigenvalue weighted by molar-refractivity contribution is 0.0946. The molecule has 23 heavy (non-hydrogen) atoms. The summed E-state index contributed by atoms with van der Waals surface area (Å²) in [6.45, 7) is 0.576. The van der Waals surface area contributed by atoms with Crippen LogP contribution in [0, 0.1) is 11.3 Å². The maximum atomic E-state index is 12.5. The fourth-order valence-electron chi connectivity index (χ4n) is 2.48. The van der Waals surface area contributed by atoms with Crippen molar-refractivity contribution < 1.29 is 13.2 Å². The molecular weight excluding hydrogens is 314 g/mol. The molecule has 0 aromatic heterocycles. The van der Waals surface area contributed by atoms with Crippen molar-refractivity contribution in [2.24, 2.45) is 0 Å². The van der Waals surface area contributed by atoms with E-state index in [4.69, 9.17) is 5.26 Å². The minimum absolute atomic E-state index is 0.0655. The van der Waals surface area contributed by atoms with E-state index in [1.807, 2.05) is 6.07 Å². The first-order chi connectivity index (χ1) is 11.0. The summed E-state index contributed by atoms with van der Waals surface area (Å²) in [7, 11) is -3.90. The summed E-state index contributed by atoms with van der Waals surface area (Å²) in [5.74, 6) is -0.218. The van der Waals surface area contributed by atoms with Gasteiger partial charge in [-0.1, -0.05) is 18.2 Å². The Labute approximate surface area is 133 Å². The molecule has 7 heteroatoms. The average Bonchev–Trinajstić information content (AvgIpc) is 2.55. The maximum absolute atomic E-state index is 12.5. The lowest BCUT2D eigenvalue weighted by Gasteiger charge is -2.17. The first-order valence-electron chi connectivity index (χ1n) is 6.94. The Morgan fingerprint density at radius 1 is 1.17 bits per heavy atom. The normalized spacial score (nSPS) is 13.6. The molecule has 1 aliphatic rings. The van der Waals surface area contributed by atoms with Crippen LogP contribution < -0.4 is 10.0 Å². The quantitative estimate of drug-likeness (QED) is 0.895. The lowest BCUT2D eigenvalue weighted by Crippen LogP contribution is -2.31.